The predicted octanol–water partition coefficient (Wildman–Crippen LogP) is 3.11. The van der Waals surface area contributed by atoms with Crippen LogP contribution in [0.25, 0.3) is 10.2 Å². The number of rotatable bonds is 5. The number of hydrogen-bond donors (Lipinski definition) is 1. The molecule has 1 amide bonds. The fourth-order valence-corrected chi connectivity index (χ4v) is 3.63. The molecule has 1 aromatic carbocycles. The van der Waals surface area contributed by atoms with Crippen LogP contribution in [0, 0.1) is 5.92 Å². The number of fused-ring (bicyclic) bond motifs is 1. The van der Waals surface area contributed by atoms with Crippen LogP contribution in [0.15, 0.2) is 18.2 Å². The van der Waals surface area contributed by atoms with Gasteiger partial charge in [0.05, 0.1) is 23.4 Å². The molecule has 0 aliphatic carbocycles. The molecule has 5 nitrogen and oxygen atoms in total. The van der Waals surface area contributed by atoms with Crippen molar-refractivity contribution < 1.29 is 9.53 Å². The quantitative estimate of drug-likeness (QED) is 0.913. The van der Waals surface area contributed by atoms with Crippen LogP contribution in [-0.4, -0.2) is 42.1 Å². The molecule has 23 heavy (non-hydrogen) atoms. The number of hydrogen-bond acceptors (Lipinski definition) is 5. The summed E-state index contributed by atoms with van der Waals surface area (Å²) >= 11 is 1.54. The molecule has 1 N–H and O–H groups in total. The molecule has 0 bridgehead atoms. The summed E-state index contributed by atoms with van der Waals surface area (Å²) in [5.41, 5.74) is 2.23. The topological polar surface area (TPSA) is 54.5 Å². The number of benzene rings is 1. The molecule has 2 aromatic rings. The third kappa shape index (κ3) is 4.50. The molecule has 0 spiro atoms. The number of amides is 1. The molecular formula is C17H23N3O2S. The number of carbonyl (C=O) groups is 1. The molecule has 3 rings (SSSR count). The van der Waals surface area contributed by atoms with Crippen molar-refractivity contribution in [3.63, 3.8) is 0 Å². The molecule has 1 aliphatic heterocycles. The highest BCUT2D eigenvalue weighted by Gasteiger charge is 2.13. The van der Waals surface area contributed by atoms with Gasteiger partial charge in [-0.2, -0.15) is 0 Å². The first-order valence-corrected chi connectivity index (χ1v) is 8.91. The van der Waals surface area contributed by atoms with Crippen LogP contribution in [-0.2, 0) is 16.1 Å². The normalized spacial score (nSPS) is 16.1. The second kappa shape index (κ2) is 7.38. The lowest BCUT2D eigenvalue weighted by atomic mass is 10.1. The van der Waals surface area contributed by atoms with Gasteiger partial charge in [0.25, 0.3) is 0 Å². The largest absolute Gasteiger partial charge is 0.379 e. The first-order chi connectivity index (χ1) is 11.1. The monoisotopic (exact) mass is 333 g/mol. The van der Waals surface area contributed by atoms with Crippen LogP contribution >= 0.6 is 11.3 Å². The maximum absolute atomic E-state index is 11.9. The average molecular weight is 333 g/mol. The lowest BCUT2D eigenvalue weighted by Crippen LogP contribution is -2.35. The van der Waals surface area contributed by atoms with Gasteiger partial charge in [0, 0.05) is 26.1 Å². The third-order valence-electron chi connectivity index (χ3n) is 3.80. The first kappa shape index (κ1) is 16.4. The van der Waals surface area contributed by atoms with Crippen LogP contribution in [0.5, 0.6) is 0 Å². The van der Waals surface area contributed by atoms with Crippen molar-refractivity contribution in [3.05, 3.63) is 23.8 Å². The molecule has 1 saturated heterocycles. The van der Waals surface area contributed by atoms with E-state index in [0.717, 1.165) is 43.1 Å². The minimum atomic E-state index is 0.0348. The molecule has 2 heterocycles. The summed E-state index contributed by atoms with van der Waals surface area (Å²) in [6, 6.07) is 6.34. The van der Waals surface area contributed by atoms with E-state index in [1.165, 1.54) is 5.56 Å². The Kier molecular flexibility index (Phi) is 5.25. The Morgan fingerprint density at radius 1 is 1.39 bits per heavy atom. The van der Waals surface area contributed by atoms with Crippen molar-refractivity contribution in [3.8, 4) is 0 Å². The third-order valence-corrected chi connectivity index (χ3v) is 4.74. The standard InChI is InChI=1S/C17H23N3O2S/c1-12(2)9-16(21)19-17-18-14-4-3-13(10-15(14)23-17)11-20-5-7-22-8-6-20/h3-4,10,12H,5-9,11H2,1-2H3,(H,18,19,21). The van der Waals surface area contributed by atoms with Crippen molar-refractivity contribution in [2.45, 2.75) is 26.8 Å². The first-order valence-electron chi connectivity index (χ1n) is 8.09. The van der Waals surface area contributed by atoms with E-state index in [0.29, 0.717) is 17.5 Å². The van der Waals surface area contributed by atoms with Gasteiger partial charge in [-0.25, -0.2) is 4.98 Å². The maximum atomic E-state index is 11.9. The van der Waals surface area contributed by atoms with Gasteiger partial charge < -0.3 is 10.1 Å². The highest BCUT2D eigenvalue weighted by atomic mass is 32.1. The number of nitrogens with zero attached hydrogens (tertiary/aromatic N) is 2. The van der Waals surface area contributed by atoms with Gasteiger partial charge >= 0.3 is 0 Å². The zero-order valence-corrected chi connectivity index (χ0v) is 14.5. The van der Waals surface area contributed by atoms with E-state index in [9.17, 15) is 4.79 Å². The molecule has 124 valence electrons. The van der Waals surface area contributed by atoms with Gasteiger partial charge in [-0.15, -0.1) is 0 Å². The number of ether oxygens (including phenoxy) is 1. The number of thiazole rings is 1. The second-order valence-electron chi connectivity index (χ2n) is 6.36. The molecule has 1 aliphatic rings. The number of aromatic nitrogens is 1. The highest BCUT2D eigenvalue weighted by Crippen LogP contribution is 2.27. The fourth-order valence-electron chi connectivity index (χ4n) is 2.68. The van der Waals surface area contributed by atoms with Gasteiger partial charge in [0.1, 0.15) is 0 Å². The SMILES string of the molecule is CC(C)CC(=O)Nc1nc2ccc(CN3CCOCC3)cc2s1. The van der Waals surface area contributed by atoms with E-state index in [1.807, 2.05) is 19.9 Å². The van der Waals surface area contributed by atoms with Crippen LogP contribution in [0.3, 0.4) is 0 Å². The van der Waals surface area contributed by atoms with Gasteiger partial charge in [-0.3, -0.25) is 9.69 Å². The molecular weight excluding hydrogens is 310 g/mol. The zero-order chi connectivity index (χ0) is 16.2. The number of morpholine rings is 1. The Hall–Kier alpha value is -1.50. The predicted molar refractivity (Wildman–Crippen MR) is 93.8 cm³/mol. The highest BCUT2D eigenvalue weighted by molar-refractivity contribution is 7.22. The Balaban J connectivity index is 1.68. The summed E-state index contributed by atoms with van der Waals surface area (Å²) in [7, 11) is 0. The summed E-state index contributed by atoms with van der Waals surface area (Å²) < 4.78 is 6.51. The molecule has 0 atom stereocenters. The summed E-state index contributed by atoms with van der Waals surface area (Å²) in [6.07, 6.45) is 0.526. The zero-order valence-electron chi connectivity index (χ0n) is 13.7. The minimum Gasteiger partial charge on any atom is -0.379 e. The Morgan fingerprint density at radius 2 is 2.17 bits per heavy atom. The summed E-state index contributed by atoms with van der Waals surface area (Å²) in [6.45, 7) is 8.61. The summed E-state index contributed by atoms with van der Waals surface area (Å²) in [5, 5.41) is 3.59. The molecule has 0 radical (unpaired) electrons. The van der Waals surface area contributed by atoms with Crippen LogP contribution in [0.4, 0.5) is 5.13 Å². The van der Waals surface area contributed by atoms with Crippen molar-refractivity contribution >= 4 is 32.6 Å². The van der Waals surface area contributed by atoms with Crippen molar-refractivity contribution in [1.82, 2.24) is 9.88 Å². The molecule has 1 aromatic heterocycles. The smallest absolute Gasteiger partial charge is 0.226 e. The van der Waals surface area contributed by atoms with Gasteiger partial charge in [-0.1, -0.05) is 31.3 Å². The molecule has 0 unspecified atom stereocenters. The van der Waals surface area contributed by atoms with Crippen LogP contribution in [0.2, 0.25) is 0 Å². The second-order valence-corrected chi connectivity index (χ2v) is 7.39. The van der Waals surface area contributed by atoms with Gasteiger partial charge in [-0.05, 0) is 23.6 Å². The van der Waals surface area contributed by atoms with Gasteiger partial charge in [0.15, 0.2) is 5.13 Å². The van der Waals surface area contributed by atoms with E-state index in [1.54, 1.807) is 11.3 Å². The Morgan fingerprint density at radius 3 is 2.91 bits per heavy atom. The Bertz CT molecular complexity index is 678. The van der Waals surface area contributed by atoms with E-state index in [-0.39, 0.29) is 5.91 Å². The lowest BCUT2D eigenvalue weighted by molar-refractivity contribution is -0.116. The van der Waals surface area contributed by atoms with Crippen molar-refractivity contribution in [1.29, 1.82) is 0 Å². The number of nitrogens with one attached hydrogen (secondary N) is 1. The lowest BCUT2D eigenvalue weighted by Gasteiger charge is -2.26. The van der Waals surface area contributed by atoms with E-state index < -0.39 is 0 Å². The molecule has 6 heteroatoms. The van der Waals surface area contributed by atoms with Crippen molar-refractivity contribution in [2.24, 2.45) is 5.92 Å². The minimum absolute atomic E-state index is 0.0348. The van der Waals surface area contributed by atoms with E-state index in [2.05, 4.69) is 27.3 Å². The van der Waals surface area contributed by atoms with Crippen LogP contribution < -0.4 is 5.32 Å². The molecule has 0 saturated carbocycles. The fraction of sp³-hybridized carbons (Fsp3) is 0.529. The summed E-state index contributed by atoms with van der Waals surface area (Å²) in [5.74, 6) is 0.386. The van der Waals surface area contributed by atoms with E-state index >= 15 is 0 Å². The van der Waals surface area contributed by atoms with Crippen LogP contribution in [0.1, 0.15) is 25.8 Å². The van der Waals surface area contributed by atoms with E-state index in [4.69, 9.17) is 4.74 Å². The average Bonchev–Trinajstić information content (AvgIpc) is 2.88. The maximum Gasteiger partial charge on any atom is 0.226 e. The summed E-state index contributed by atoms with van der Waals surface area (Å²) in [4.78, 5) is 18.8. The molecule has 1 fully saturated rings. The number of carbonyl (C=O) groups excluding carboxylic acids is 1. The number of anilines is 1. The van der Waals surface area contributed by atoms with Crippen molar-refractivity contribution in [2.75, 3.05) is 31.6 Å². The Labute approximate surface area is 140 Å². The van der Waals surface area contributed by atoms with Gasteiger partial charge in [0.2, 0.25) is 5.91 Å².